The van der Waals surface area contributed by atoms with Gasteiger partial charge in [0.2, 0.25) is 5.95 Å². The molecule has 1 heterocycles. The minimum Gasteiger partial charge on any atom is -0.465 e. The van der Waals surface area contributed by atoms with Gasteiger partial charge in [0.05, 0.1) is 7.11 Å². The van der Waals surface area contributed by atoms with Crippen molar-refractivity contribution in [2.24, 2.45) is 0 Å². The third-order valence-corrected chi connectivity index (χ3v) is 5.38. The summed E-state index contributed by atoms with van der Waals surface area (Å²) in [7, 11) is 4.83. The van der Waals surface area contributed by atoms with E-state index in [4.69, 9.17) is 4.74 Å². The van der Waals surface area contributed by atoms with Gasteiger partial charge in [0, 0.05) is 38.0 Å². The van der Waals surface area contributed by atoms with E-state index in [0.717, 1.165) is 11.6 Å². The maximum atomic E-state index is 14.1. The van der Waals surface area contributed by atoms with Crippen molar-refractivity contribution in [2.45, 2.75) is 17.3 Å². The van der Waals surface area contributed by atoms with Gasteiger partial charge >= 0.3 is 5.97 Å². The van der Waals surface area contributed by atoms with Crippen LogP contribution in [-0.4, -0.2) is 37.1 Å². The number of halogens is 2. The summed E-state index contributed by atoms with van der Waals surface area (Å²) in [6.45, 7) is 0.00276. The first kappa shape index (κ1) is 22.5. The molecule has 3 rings (SSSR count). The van der Waals surface area contributed by atoms with Crippen LogP contribution in [-0.2, 0) is 17.0 Å². The fourth-order valence-corrected chi connectivity index (χ4v) is 3.68. The van der Waals surface area contributed by atoms with Gasteiger partial charge in [-0.2, -0.15) is 4.98 Å². The summed E-state index contributed by atoms with van der Waals surface area (Å²) in [6.07, 6.45) is 0. The zero-order valence-electron chi connectivity index (χ0n) is 17.4. The Bertz CT molecular complexity index is 1060. The zero-order valence-corrected chi connectivity index (χ0v) is 18.2. The lowest BCUT2D eigenvalue weighted by molar-refractivity contribution is 0.0596. The molecule has 0 radical (unpaired) electrons. The third kappa shape index (κ3) is 5.69. The van der Waals surface area contributed by atoms with E-state index in [1.54, 1.807) is 19.0 Å². The van der Waals surface area contributed by atoms with Crippen molar-refractivity contribution in [3.05, 3.63) is 76.9 Å². The van der Waals surface area contributed by atoms with Crippen molar-refractivity contribution < 1.29 is 18.3 Å². The van der Waals surface area contributed by atoms with Gasteiger partial charge in [-0.25, -0.2) is 18.6 Å². The SMILES string of the molecule is COC(=O)c1c(NCc2ccc(F)cc2F)nc(N(C)C)nc1SCc1ccccc1. The van der Waals surface area contributed by atoms with Crippen LogP contribution < -0.4 is 10.2 Å². The number of carbonyl (C=O) groups is 1. The molecule has 1 aromatic heterocycles. The van der Waals surface area contributed by atoms with E-state index >= 15 is 0 Å². The summed E-state index contributed by atoms with van der Waals surface area (Å²) in [5.74, 6) is -0.778. The number of nitrogens with one attached hydrogen (secondary N) is 1. The number of thioether (sulfide) groups is 1. The molecule has 0 aliphatic heterocycles. The van der Waals surface area contributed by atoms with E-state index in [9.17, 15) is 13.6 Å². The molecule has 0 fully saturated rings. The first-order chi connectivity index (χ1) is 14.9. The van der Waals surface area contributed by atoms with Gasteiger partial charge in [0.25, 0.3) is 0 Å². The molecule has 0 saturated heterocycles. The molecule has 1 N–H and O–H groups in total. The fraction of sp³-hybridized carbons (Fsp3) is 0.227. The maximum absolute atomic E-state index is 14.1. The first-order valence-electron chi connectivity index (χ1n) is 9.41. The van der Waals surface area contributed by atoms with E-state index in [1.165, 1.54) is 31.0 Å². The van der Waals surface area contributed by atoms with E-state index in [0.29, 0.717) is 16.7 Å². The largest absolute Gasteiger partial charge is 0.465 e. The molecular formula is C22H22F2N4O2S. The summed E-state index contributed by atoms with van der Waals surface area (Å²) >= 11 is 1.37. The zero-order chi connectivity index (χ0) is 22.4. The number of methoxy groups -OCH3 is 1. The number of nitrogens with zero attached hydrogens (tertiary/aromatic N) is 3. The van der Waals surface area contributed by atoms with Crippen molar-refractivity contribution >= 4 is 29.5 Å². The number of benzene rings is 2. The molecule has 6 nitrogen and oxygen atoms in total. The lowest BCUT2D eigenvalue weighted by Crippen LogP contribution is -2.19. The summed E-state index contributed by atoms with van der Waals surface area (Å²) in [5, 5.41) is 3.43. The molecule has 0 aliphatic carbocycles. The normalized spacial score (nSPS) is 10.6. The Balaban J connectivity index is 1.96. The number of carbonyl (C=O) groups excluding carboxylic acids is 1. The van der Waals surface area contributed by atoms with E-state index < -0.39 is 17.6 Å². The van der Waals surface area contributed by atoms with Gasteiger partial charge in [-0.15, -0.1) is 11.8 Å². The summed E-state index contributed by atoms with van der Waals surface area (Å²) < 4.78 is 32.2. The lowest BCUT2D eigenvalue weighted by Gasteiger charge is -2.18. The van der Waals surface area contributed by atoms with Crippen molar-refractivity contribution in [3.8, 4) is 0 Å². The number of esters is 1. The predicted octanol–water partition coefficient (Wildman–Crippen LogP) is 4.51. The summed E-state index contributed by atoms with van der Waals surface area (Å²) in [5.41, 5.74) is 1.47. The van der Waals surface area contributed by atoms with E-state index in [2.05, 4.69) is 15.3 Å². The highest BCUT2D eigenvalue weighted by molar-refractivity contribution is 7.98. The van der Waals surface area contributed by atoms with Crippen molar-refractivity contribution in [1.82, 2.24) is 9.97 Å². The van der Waals surface area contributed by atoms with Crippen LogP contribution in [0.1, 0.15) is 21.5 Å². The predicted molar refractivity (Wildman–Crippen MR) is 117 cm³/mol. The summed E-state index contributed by atoms with van der Waals surface area (Å²) in [4.78, 5) is 23.2. The summed E-state index contributed by atoms with van der Waals surface area (Å²) in [6, 6.07) is 13.1. The van der Waals surface area contributed by atoms with Crippen LogP contribution >= 0.6 is 11.8 Å². The average molecular weight is 445 g/mol. The third-order valence-electron chi connectivity index (χ3n) is 4.33. The standard InChI is InChI=1S/C22H22F2N4O2S/c1-28(2)22-26-19(25-12-15-9-10-16(23)11-17(15)24)18(21(29)30-3)20(27-22)31-13-14-7-5-4-6-8-14/h4-11H,12-13H2,1-3H3,(H,25,26,27). The van der Waals surface area contributed by atoms with Crippen molar-refractivity contribution in [2.75, 3.05) is 31.4 Å². The fourth-order valence-electron chi connectivity index (χ4n) is 2.72. The number of rotatable bonds is 8. The van der Waals surface area contributed by atoms with Gasteiger partial charge in [-0.3, -0.25) is 0 Å². The molecule has 0 amide bonds. The Hall–Kier alpha value is -3.20. The molecule has 0 unspecified atom stereocenters. The first-order valence-corrected chi connectivity index (χ1v) is 10.4. The molecule has 3 aromatic rings. The van der Waals surface area contributed by atoms with Crippen molar-refractivity contribution in [3.63, 3.8) is 0 Å². The number of aromatic nitrogens is 2. The lowest BCUT2D eigenvalue weighted by atomic mass is 10.2. The number of hydrogen-bond donors (Lipinski definition) is 1. The quantitative estimate of drug-likeness (QED) is 0.311. The number of hydrogen-bond acceptors (Lipinski definition) is 7. The molecule has 0 saturated carbocycles. The van der Waals surface area contributed by atoms with Gasteiger partial charge in [-0.1, -0.05) is 36.4 Å². The van der Waals surface area contributed by atoms with Gasteiger partial charge < -0.3 is 15.0 Å². The van der Waals surface area contributed by atoms with E-state index in [1.807, 2.05) is 30.3 Å². The minimum absolute atomic E-state index is 0.00276. The molecule has 0 aliphatic rings. The van der Waals surface area contributed by atoms with Crippen LogP contribution in [0.15, 0.2) is 53.6 Å². The highest BCUT2D eigenvalue weighted by Crippen LogP contribution is 2.31. The second-order valence-corrected chi connectivity index (χ2v) is 7.77. The van der Waals surface area contributed by atoms with Crippen LogP contribution in [0.3, 0.4) is 0 Å². The molecule has 0 bridgehead atoms. The molecule has 162 valence electrons. The second-order valence-electron chi connectivity index (χ2n) is 6.80. The topological polar surface area (TPSA) is 67.3 Å². The highest BCUT2D eigenvalue weighted by Gasteiger charge is 2.23. The monoisotopic (exact) mass is 444 g/mol. The molecular weight excluding hydrogens is 422 g/mol. The van der Waals surface area contributed by atoms with Crippen molar-refractivity contribution in [1.29, 1.82) is 0 Å². The smallest absolute Gasteiger partial charge is 0.344 e. The molecule has 31 heavy (non-hydrogen) atoms. The van der Waals surface area contributed by atoms with Crippen LogP contribution in [0.2, 0.25) is 0 Å². The van der Waals surface area contributed by atoms with Crippen LogP contribution in [0.4, 0.5) is 20.5 Å². The molecule has 0 atom stereocenters. The highest BCUT2D eigenvalue weighted by atomic mass is 32.2. The Morgan fingerprint density at radius 3 is 2.52 bits per heavy atom. The molecule has 2 aromatic carbocycles. The van der Waals surface area contributed by atoms with Crippen LogP contribution in [0, 0.1) is 11.6 Å². The van der Waals surface area contributed by atoms with E-state index in [-0.39, 0.29) is 23.5 Å². The van der Waals surface area contributed by atoms with Gasteiger partial charge in [0.15, 0.2) is 0 Å². The Kier molecular flexibility index (Phi) is 7.41. The van der Waals surface area contributed by atoms with Gasteiger partial charge in [-0.05, 0) is 11.6 Å². The number of ether oxygens (including phenoxy) is 1. The minimum atomic E-state index is -0.687. The van der Waals surface area contributed by atoms with Crippen LogP contribution in [0.5, 0.6) is 0 Å². The van der Waals surface area contributed by atoms with Crippen LogP contribution in [0.25, 0.3) is 0 Å². The molecule has 9 heteroatoms. The molecule has 0 spiro atoms. The Labute approximate surface area is 183 Å². The maximum Gasteiger partial charge on any atom is 0.344 e. The Morgan fingerprint density at radius 2 is 1.87 bits per heavy atom. The average Bonchev–Trinajstić information content (AvgIpc) is 2.76. The van der Waals surface area contributed by atoms with Gasteiger partial charge in [0.1, 0.15) is 28.0 Å². The second kappa shape index (κ2) is 10.2. The number of anilines is 2. The Morgan fingerprint density at radius 1 is 1.13 bits per heavy atom.